The summed E-state index contributed by atoms with van der Waals surface area (Å²) in [6, 6.07) is 11.2. The smallest absolute Gasteiger partial charge is 0.168 e. The van der Waals surface area contributed by atoms with E-state index in [-0.39, 0.29) is 0 Å². The minimum atomic E-state index is 0.464. The van der Waals surface area contributed by atoms with Gasteiger partial charge in [-0.05, 0) is 31.1 Å². The summed E-state index contributed by atoms with van der Waals surface area (Å²) < 4.78 is 0. The number of benzene rings is 1. The van der Waals surface area contributed by atoms with Gasteiger partial charge in [0, 0.05) is 39.3 Å². The molecule has 1 fully saturated rings. The summed E-state index contributed by atoms with van der Waals surface area (Å²) in [6.07, 6.45) is 1.17. The van der Waals surface area contributed by atoms with E-state index in [2.05, 4.69) is 52.4 Å². The van der Waals surface area contributed by atoms with Crippen LogP contribution < -0.4 is 5.32 Å². The molecule has 1 atom stereocenters. The molecule has 1 N–H and O–H groups in total. The largest absolute Gasteiger partial charge is 0.366 e. The van der Waals surface area contributed by atoms with Crippen molar-refractivity contribution in [3.05, 3.63) is 35.9 Å². The minimum Gasteiger partial charge on any atom is -0.366 e. The highest BCUT2D eigenvalue weighted by Crippen LogP contribution is 2.13. The maximum Gasteiger partial charge on any atom is 0.168 e. The molecule has 0 spiro atoms. The lowest BCUT2D eigenvalue weighted by Gasteiger charge is -2.30. The van der Waals surface area contributed by atoms with Crippen molar-refractivity contribution >= 4 is 17.3 Å². The molecule has 0 bridgehead atoms. The predicted octanol–water partition coefficient (Wildman–Crippen LogP) is 2.09. The Morgan fingerprint density at radius 3 is 2.74 bits per heavy atom. The van der Waals surface area contributed by atoms with Crippen LogP contribution in [0.2, 0.25) is 0 Å². The topological polar surface area (TPSA) is 18.5 Å². The molecular formula is C15H23N3S. The number of hydrogen-bond acceptors (Lipinski definition) is 2. The Hall–Kier alpha value is -1.13. The standard InChI is InChI=1S/C15H23N3S/c1-13-11-17(12-14-7-4-3-5-8-14)9-6-10-18(13)15(19)16-2/h3-5,7-8,13H,6,9-12H2,1-2H3,(H,16,19). The molecule has 104 valence electrons. The summed E-state index contributed by atoms with van der Waals surface area (Å²) in [4.78, 5) is 4.83. The maximum absolute atomic E-state index is 5.38. The second kappa shape index (κ2) is 6.87. The normalized spacial score (nSPS) is 20.9. The SMILES string of the molecule is CNC(=S)N1CCCN(Cc2ccccc2)CC1C. The summed E-state index contributed by atoms with van der Waals surface area (Å²) in [5.41, 5.74) is 1.39. The second-order valence-corrected chi connectivity index (χ2v) is 5.56. The molecule has 1 aromatic carbocycles. The zero-order chi connectivity index (χ0) is 13.7. The van der Waals surface area contributed by atoms with Crippen LogP contribution in [0.1, 0.15) is 18.9 Å². The number of rotatable bonds is 2. The van der Waals surface area contributed by atoms with Crippen molar-refractivity contribution in [2.45, 2.75) is 25.9 Å². The molecule has 19 heavy (non-hydrogen) atoms. The van der Waals surface area contributed by atoms with E-state index in [4.69, 9.17) is 12.2 Å². The number of nitrogens with one attached hydrogen (secondary N) is 1. The summed E-state index contributed by atoms with van der Waals surface area (Å²) in [6.45, 7) is 6.54. The van der Waals surface area contributed by atoms with Gasteiger partial charge in [-0.2, -0.15) is 0 Å². The lowest BCUT2D eigenvalue weighted by atomic mass is 10.2. The Balaban J connectivity index is 1.96. The first-order chi connectivity index (χ1) is 9.20. The Labute approximate surface area is 121 Å². The van der Waals surface area contributed by atoms with Gasteiger partial charge in [-0.3, -0.25) is 4.90 Å². The molecule has 1 aliphatic heterocycles. The fourth-order valence-corrected chi connectivity index (χ4v) is 2.95. The molecule has 3 nitrogen and oxygen atoms in total. The fourth-order valence-electron chi connectivity index (χ4n) is 2.68. The van der Waals surface area contributed by atoms with E-state index < -0.39 is 0 Å². The average Bonchev–Trinajstić information content (AvgIpc) is 2.60. The van der Waals surface area contributed by atoms with Gasteiger partial charge in [0.15, 0.2) is 5.11 Å². The fraction of sp³-hybridized carbons (Fsp3) is 0.533. The lowest BCUT2D eigenvalue weighted by Crippen LogP contribution is -2.46. The van der Waals surface area contributed by atoms with Crippen molar-refractivity contribution in [3.63, 3.8) is 0 Å². The molecule has 0 saturated carbocycles. The third kappa shape index (κ3) is 3.91. The molecule has 4 heteroatoms. The summed E-state index contributed by atoms with van der Waals surface area (Å²) in [5.74, 6) is 0. The average molecular weight is 277 g/mol. The molecule has 1 aromatic rings. The highest BCUT2D eigenvalue weighted by Gasteiger charge is 2.22. The van der Waals surface area contributed by atoms with Crippen LogP contribution in [0.15, 0.2) is 30.3 Å². The number of nitrogens with zero attached hydrogens (tertiary/aromatic N) is 2. The summed E-state index contributed by atoms with van der Waals surface area (Å²) >= 11 is 5.38. The molecule has 1 aliphatic rings. The lowest BCUT2D eigenvalue weighted by molar-refractivity contribution is 0.240. The van der Waals surface area contributed by atoms with Gasteiger partial charge in [0.05, 0.1) is 0 Å². The first kappa shape index (κ1) is 14.3. The van der Waals surface area contributed by atoms with Gasteiger partial charge in [-0.15, -0.1) is 0 Å². The van der Waals surface area contributed by atoms with E-state index in [1.165, 1.54) is 12.0 Å². The second-order valence-electron chi connectivity index (χ2n) is 5.17. The number of thiocarbonyl (C=S) groups is 1. The monoisotopic (exact) mass is 277 g/mol. The van der Waals surface area contributed by atoms with E-state index >= 15 is 0 Å². The Bertz CT molecular complexity index is 407. The van der Waals surface area contributed by atoms with Gasteiger partial charge in [0.25, 0.3) is 0 Å². The van der Waals surface area contributed by atoms with Gasteiger partial charge in [-0.25, -0.2) is 0 Å². The van der Waals surface area contributed by atoms with E-state index in [1.807, 2.05) is 7.05 Å². The zero-order valence-corrected chi connectivity index (χ0v) is 12.6. The van der Waals surface area contributed by atoms with Crippen LogP contribution in [-0.2, 0) is 6.54 Å². The van der Waals surface area contributed by atoms with Crippen molar-refractivity contribution in [2.75, 3.05) is 26.7 Å². The molecule has 2 rings (SSSR count). The van der Waals surface area contributed by atoms with Gasteiger partial charge in [-0.1, -0.05) is 30.3 Å². The van der Waals surface area contributed by atoms with Gasteiger partial charge in [0.2, 0.25) is 0 Å². The molecule has 1 saturated heterocycles. The third-order valence-electron chi connectivity index (χ3n) is 3.65. The van der Waals surface area contributed by atoms with Gasteiger partial charge in [0.1, 0.15) is 0 Å². The van der Waals surface area contributed by atoms with Crippen LogP contribution in [0, 0.1) is 0 Å². The van der Waals surface area contributed by atoms with Crippen molar-refractivity contribution in [1.82, 2.24) is 15.1 Å². The Morgan fingerprint density at radius 2 is 2.05 bits per heavy atom. The van der Waals surface area contributed by atoms with Crippen LogP contribution >= 0.6 is 12.2 Å². The van der Waals surface area contributed by atoms with Crippen LogP contribution in [-0.4, -0.2) is 47.6 Å². The minimum absolute atomic E-state index is 0.464. The van der Waals surface area contributed by atoms with Crippen molar-refractivity contribution < 1.29 is 0 Å². The molecular weight excluding hydrogens is 254 g/mol. The maximum atomic E-state index is 5.38. The third-order valence-corrected chi connectivity index (χ3v) is 4.09. The first-order valence-corrected chi connectivity index (χ1v) is 7.36. The van der Waals surface area contributed by atoms with E-state index in [1.54, 1.807) is 0 Å². The Kier molecular flexibility index (Phi) is 5.16. The molecule has 1 unspecified atom stereocenters. The summed E-state index contributed by atoms with van der Waals surface area (Å²) in [5, 5.41) is 3.97. The van der Waals surface area contributed by atoms with Crippen LogP contribution in [0.25, 0.3) is 0 Å². The zero-order valence-electron chi connectivity index (χ0n) is 11.8. The molecule has 0 amide bonds. The van der Waals surface area contributed by atoms with E-state index in [9.17, 15) is 0 Å². The van der Waals surface area contributed by atoms with Crippen molar-refractivity contribution in [1.29, 1.82) is 0 Å². The molecule has 0 aliphatic carbocycles. The number of hydrogen-bond donors (Lipinski definition) is 1. The highest BCUT2D eigenvalue weighted by molar-refractivity contribution is 7.80. The first-order valence-electron chi connectivity index (χ1n) is 6.95. The van der Waals surface area contributed by atoms with Crippen molar-refractivity contribution in [3.8, 4) is 0 Å². The van der Waals surface area contributed by atoms with Gasteiger partial charge >= 0.3 is 0 Å². The quantitative estimate of drug-likeness (QED) is 0.834. The van der Waals surface area contributed by atoms with Crippen LogP contribution in [0.5, 0.6) is 0 Å². The Morgan fingerprint density at radius 1 is 1.32 bits per heavy atom. The molecule has 1 heterocycles. The molecule has 0 aromatic heterocycles. The van der Waals surface area contributed by atoms with Crippen LogP contribution in [0.4, 0.5) is 0 Å². The van der Waals surface area contributed by atoms with E-state index in [0.717, 1.165) is 31.3 Å². The van der Waals surface area contributed by atoms with Crippen molar-refractivity contribution in [2.24, 2.45) is 0 Å². The predicted molar refractivity (Wildman–Crippen MR) is 84.2 cm³/mol. The highest BCUT2D eigenvalue weighted by atomic mass is 32.1. The summed E-state index contributed by atoms with van der Waals surface area (Å²) in [7, 11) is 1.90. The van der Waals surface area contributed by atoms with Gasteiger partial charge < -0.3 is 10.2 Å². The van der Waals surface area contributed by atoms with Crippen LogP contribution in [0.3, 0.4) is 0 Å². The van der Waals surface area contributed by atoms with E-state index in [0.29, 0.717) is 6.04 Å². The molecule has 0 radical (unpaired) electrons.